The van der Waals surface area contributed by atoms with Gasteiger partial charge in [0.1, 0.15) is 5.69 Å². The van der Waals surface area contributed by atoms with Gasteiger partial charge in [-0.05, 0) is 30.3 Å². The van der Waals surface area contributed by atoms with Crippen molar-refractivity contribution in [3.8, 4) is 0 Å². The van der Waals surface area contributed by atoms with Crippen LogP contribution in [-0.2, 0) is 4.79 Å². The molecule has 1 aromatic carbocycles. The lowest BCUT2D eigenvalue weighted by molar-refractivity contribution is -0.130. The summed E-state index contributed by atoms with van der Waals surface area (Å²) in [6, 6.07) is 9.23. The molecular formula is C16H18ClN5O2. The van der Waals surface area contributed by atoms with Gasteiger partial charge in [0.05, 0.1) is 6.54 Å². The minimum Gasteiger partial charge on any atom is -0.368 e. The highest BCUT2D eigenvalue weighted by Gasteiger charge is 2.21. The summed E-state index contributed by atoms with van der Waals surface area (Å²) in [4.78, 5) is 28.0. The molecule has 0 bridgehead atoms. The Morgan fingerprint density at radius 1 is 1.12 bits per heavy atom. The minimum atomic E-state index is -0.333. The number of amides is 2. The van der Waals surface area contributed by atoms with Crippen LogP contribution in [0.4, 0.5) is 5.69 Å². The molecule has 0 aliphatic carbocycles. The summed E-state index contributed by atoms with van der Waals surface area (Å²) in [6.07, 6.45) is 1.49. The molecule has 1 fully saturated rings. The van der Waals surface area contributed by atoms with Gasteiger partial charge in [0.2, 0.25) is 5.91 Å². The standard InChI is InChI=1S/C16H18ClN5O2/c17-12-1-3-13(4-2-12)21-7-9-22(10-8-21)15(23)11-18-16(24)14-5-6-19-20-14/h1-6H,7-11H2,(H,18,24)(H,19,20). The van der Waals surface area contributed by atoms with Gasteiger partial charge in [0, 0.05) is 43.1 Å². The second kappa shape index (κ2) is 7.35. The summed E-state index contributed by atoms with van der Waals surface area (Å²) in [5.41, 5.74) is 1.44. The van der Waals surface area contributed by atoms with Crippen molar-refractivity contribution >= 4 is 29.1 Å². The number of carbonyl (C=O) groups excluding carboxylic acids is 2. The Hall–Kier alpha value is -2.54. The Morgan fingerprint density at radius 3 is 2.46 bits per heavy atom. The van der Waals surface area contributed by atoms with Gasteiger partial charge in [0.15, 0.2) is 0 Å². The van der Waals surface area contributed by atoms with Crippen LogP contribution < -0.4 is 10.2 Å². The Bertz CT molecular complexity index is 694. The van der Waals surface area contributed by atoms with E-state index < -0.39 is 0 Å². The second-order valence-electron chi connectivity index (χ2n) is 5.50. The molecule has 1 aromatic heterocycles. The molecule has 2 N–H and O–H groups in total. The third-order valence-corrected chi connectivity index (χ3v) is 4.22. The number of rotatable bonds is 4. The van der Waals surface area contributed by atoms with E-state index in [0.29, 0.717) is 23.8 Å². The zero-order chi connectivity index (χ0) is 16.9. The third-order valence-electron chi connectivity index (χ3n) is 3.97. The maximum absolute atomic E-state index is 12.2. The molecule has 2 heterocycles. The number of aromatic amines is 1. The van der Waals surface area contributed by atoms with E-state index in [4.69, 9.17) is 11.6 Å². The average molecular weight is 348 g/mol. The van der Waals surface area contributed by atoms with Crippen LogP contribution in [-0.4, -0.2) is 59.6 Å². The van der Waals surface area contributed by atoms with Crippen molar-refractivity contribution in [1.29, 1.82) is 0 Å². The number of nitrogens with zero attached hydrogens (tertiary/aromatic N) is 3. The van der Waals surface area contributed by atoms with Gasteiger partial charge >= 0.3 is 0 Å². The van der Waals surface area contributed by atoms with Crippen molar-refractivity contribution in [2.45, 2.75) is 0 Å². The number of carbonyl (C=O) groups is 2. The van der Waals surface area contributed by atoms with Crippen molar-refractivity contribution < 1.29 is 9.59 Å². The molecule has 1 aliphatic heterocycles. The molecule has 2 amide bonds. The average Bonchev–Trinajstić information content (AvgIpc) is 3.15. The first-order valence-corrected chi connectivity index (χ1v) is 8.07. The highest BCUT2D eigenvalue weighted by molar-refractivity contribution is 6.30. The molecule has 24 heavy (non-hydrogen) atoms. The summed E-state index contributed by atoms with van der Waals surface area (Å²) >= 11 is 5.90. The molecule has 0 saturated carbocycles. The fraction of sp³-hybridized carbons (Fsp3) is 0.312. The number of anilines is 1. The number of aromatic nitrogens is 2. The molecule has 0 radical (unpaired) electrons. The zero-order valence-electron chi connectivity index (χ0n) is 13.0. The monoisotopic (exact) mass is 347 g/mol. The number of hydrogen-bond donors (Lipinski definition) is 2. The minimum absolute atomic E-state index is 0.0151. The second-order valence-corrected chi connectivity index (χ2v) is 5.93. The van der Waals surface area contributed by atoms with Crippen molar-refractivity contribution in [1.82, 2.24) is 20.4 Å². The summed E-state index contributed by atoms with van der Waals surface area (Å²) in [5.74, 6) is -0.417. The predicted octanol–water partition coefficient (Wildman–Crippen LogP) is 1.14. The number of hydrogen-bond acceptors (Lipinski definition) is 4. The van der Waals surface area contributed by atoms with Crippen LogP contribution >= 0.6 is 11.6 Å². The largest absolute Gasteiger partial charge is 0.368 e. The van der Waals surface area contributed by atoms with E-state index in [-0.39, 0.29) is 18.4 Å². The van der Waals surface area contributed by atoms with Gasteiger partial charge in [-0.1, -0.05) is 11.6 Å². The van der Waals surface area contributed by atoms with Gasteiger partial charge in [0.25, 0.3) is 5.91 Å². The first kappa shape index (κ1) is 16.3. The number of nitrogens with one attached hydrogen (secondary N) is 2. The van der Waals surface area contributed by atoms with E-state index in [9.17, 15) is 9.59 Å². The maximum atomic E-state index is 12.2. The predicted molar refractivity (Wildman–Crippen MR) is 91.2 cm³/mol. The summed E-state index contributed by atoms with van der Waals surface area (Å²) < 4.78 is 0. The molecule has 2 aromatic rings. The lowest BCUT2D eigenvalue weighted by Gasteiger charge is -2.36. The van der Waals surface area contributed by atoms with E-state index in [0.717, 1.165) is 18.8 Å². The highest BCUT2D eigenvalue weighted by Crippen LogP contribution is 2.19. The summed E-state index contributed by atoms with van der Waals surface area (Å²) in [5, 5.41) is 9.58. The molecule has 7 nitrogen and oxygen atoms in total. The van der Waals surface area contributed by atoms with Gasteiger partial charge in [-0.25, -0.2) is 0 Å². The van der Waals surface area contributed by atoms with Crippen molar-refractivity contribution in [3.05, 3.63) is 47.2 Å². The van der Waals surface area contributed by atoms with Crippen molar-refractivity contribution in [2.24, 2.45) is 0 Å². The van der Waals surface area contributed by atoms with Crippen LogP contribution in [0.25, 0.3) is 0 Å². The van der Waals surface area contributed by atoms with Crippen LogP contribution in [0.5, 0.6) is 0 Å². The quantitative estimate of drug-likeness (QED) is 0.869. The fourth-order valence-corrected chi connectivity index (χ4v) is 2.74. The SMILES string of the molecule is O=C(NCC(=O)N1CCN(c2ccc(Cl)cc2)CC1)c1ccn[nH]1. The van der Waals surface area contributed by atoms with Crippen LogP contribution in [0.2, 0.25) is 5.02 Å². The Kier molecular flexibility index (Phi) is 5.00. The Labute approximate surface area is 144 Å². The number of benzene rings is 1. The molecule has 126 valence electrons. The van der Waals surface area contributed by atoms with Gasteiger partial charge in [-0.2, -0.15) is 5.10 Å². The molecule has 1 saturated heterocycles. The molecule has 8 heteroatoms. The smallest absolute Gasteiger partial charge is 0.269 e. The van der Waals surface area contributed by atoms with Crippen molar-refractivity contribution in [3.63, 3.8) is 0 Å². The lowest BCUT2D eigenvalue weighted by atomic mass is 10.2. The molecule has 1 aliphatic rings. The van der Waals surface area contributed by atoms with Crippen LogP contribution in [0.3, 0.4) is 0 Å². The van der Waals surface area contributed by atoms with Crippen molar-refractivity contribution in [2.75, 3.05) is 37.6 Å². The van der Waals surface area contributed by atoms with Gasteiger partial charge in [-0.3, -0.25) is 14.7 Å². The molecule has 3 rings (SSSR count). The number of halogens is 1. The first-order valence-electron chi connectivity index (χ1n) is 7.69. The molecule has 0 spiro atoms. The maximum Gasteiger partial charge on any atom is 0.269 e. The van der Waals surface area contributed by atoms with E-state index in [1.807, 2.05) is 24.3 Å². The first-order chi connectivity index (χ1) is 11.6. The zero-order valence-corrected chi connectivity index (χ0v) is 13.8. The Morgan fingerprint density at radius 2 is 1.83 bits per heavy atom. The fourth-order valence-electron chi connectivity index (χ4n) is 2.61. The molecule has 0 atom stereocenters. The summed E-state index contributed by atoms with van der Waals surface area (Å²) in [6.45, 7) is 2.74. The van der Waals surface area contributed by atoms with Gasteiger partial charge in [-0.15, -0.1) is 0 Å². The lowest BCUT2D eigenvalue weighted by Crippen LogP contribution is -2.51. The van der Waals surface area contributed by atoms with E-state index in [1.165, 1.54) is 6.20 Å². The normalized spacial score (nSPS) is 14.5. The van der Waals surface area contributed by atoms with Crippen LogP contribution in [0, 0.1) is 0 Å². The van der Waals surface area contributed by atoms with E-state index >= 15 is 0 Å². The van der Waals surface area contributed by atoms with Crippen LogP contribution in [0.15, 0.2) is 36.5 Å². The topological polar surface area (TPSA) is 81.3 Å². The number of piperazine rings is 1. The van der Waals surface area contributed by atoms with E-state index in [1.54, 1.807) is 11.0 Å². The highest BCUT2D eigenvalue weighted by atomic mass is 35.5. The molecular weight excluding hydrogens is 330 g/mol. The van der Waals surface area contributed by atoms with E-state index in [2.05, 4.69) is 20.4 Å². The van der Waals surface area contributed by atoms with Gasteiger partial charge < -0.3 is 15.1 Å². The Balaban J connectivity index is 1.46. The number of H-pyrrole nitrogens is 1. The van der Waals surface area contributed by atoms with Crippen LogP contribution in [0.1, 0.15) is 10.5 Å². The summed E-state index contributed by atoms with van der Waals surface area (Å²) in [7, 11) is 0. The third kappa shape index (κ3) is 3.86. The molecule has 0 unspecified atom stereocenters.